The van der Waals surface area contributed by atoms with Crippen molar-refractivity contribution in [1.29, 1.82) is 0 Å². The Morgan fingerprint density at radius 3 is 2.43 bits per heavy atom. The van der Waals surface area contributed by atoms with Crippen molar-refractivity contribution < 1.29 is 27.9 Å². The minimum Gasteiger partial charge on any atom is -0.480 e. The number of amides is 1. The molecule has 4 nitrogen and oxygen atoms in total. The number of carbonyl (C=O) groups is 2. The molecule has 1 amide bonds. The molecule has 0 unspecified atom stereocenters. The van der Waals surface area contributed by atoms with Gasteiger partial charge in [-0.1, -0.05) is 18.2 Å². The molecule has 1 aromatic rings. The Balaban J connectivity index is 2.17. The van der Waals surface area contributed by atoms with Crippen molar-refractivity contribution in [1.82, 2.24) is 5.32 Å². The van der Waals surface area contributed by atoms with E-state index >= 15 is 0 Å². The van der Waals surface area contributed by atoms with E-state index in [2.05, 4.69) is 5.32 Å². The van der Waals surface area contributed by atoms with Gasteiger partial charge in [0.2, 0.25) is 5.91 Å². The predicted molar refractivity (Wildman–Crippen MR) is 67.4 cm³/mol. The van der Waals surface area contributed by atoms with Gasteiger partial charge in [0, 0.05) is 12.3 Å². The Morgan fingerprint density at radius 1 is 1.29 bits per heavy atom. The van der Waals surface area contributed by atoms with Crippen LogP contribution in [0.25, 0.3) is 0 Å². The van der Waals surface area contributed by atoms with Crippen molar-refractivity contribution in [3.63, 3.8) is 0 Å². The van der Waals surface area contributed by atoms with Crippen LogP contribution < -0.4 is 5.32 Å². The minimum atomic E-state index is -4.56. The maximum atomic E-state index is 12.9. The van der Waals surface area contributed by atoms with Crippen LogP contribution in [-0.4, -0.2) is 23.0 Å². The van der Waals surface area contributed by atoms with E-state index in [4.69, 9.17) is 5.11 Å². The molecule has 114 valence electrons. The lowest BCUT2D eigenvalue weighted by molar-refractivity contribution is -0.143. The molecule has 1 saturated carbocycles. The van der Waals surface area contributed by atoms with Crippen LogP contribution in [0.2, 0.25) is 0 Å². The second-order valence-electron chi connectivity index (χ2n) is 5.03. The summed E-state index contributed by atoms with van der Waals surface area (Å²) >= 11 is 0. The molecule has 0 aliphatic heterocycles. The van der Waals surface area contributed by atoms with E-state index in [0.717, 1.165) is 6.07 Å². The van der Waals surface area contributed by atoms with Crippen molar-refractivity contribution >= 4 is 11.9 Å². The highest BCUT2D eigenvalue weighted by molar-refractivity contribution is 5.86. The fraction of sp³-hybridized carbons (Fsp3) is 0.429. The van der Waals surface area contributed by atoms with E-state index in [1.165, 1.54) is 18.2 Å². The number of rotatable bonds is 5. The lowest BCUT2D eigenvalue weighted by atomic mass is 9.99. The van der Waals surface area contributed by atoms with E-state index < -0.39 is 36.1 Å². The number of benzene rings is 1. The van der Waals surface area contributed by atoms with E-state index in [9.17, 15) is 22.8 Å². The van der Waals surface area contributed by atoms with Crippen LogP contribution >= 0.6 is 0 Å². The van der Waals surface area contributed by atoms with Gasteiger partial charge < -0.3 is 10.4 Å². The van der Waals surface area contributed by atoms with Crippen LogP contribution in [0.3, 0.4) is 0 Å². The molecule has 2 rings (SSSR count). The number of hydrogen-bond acceptors (Lipinski definition) is 2. The Kier molecular flexibility index (Phi) is 4.20. The quantitative estimate of drug-likeness (QED) is 0.876. The fourth-order valence-corrected chi connectivity index (χ4v) is 2.03. The van der Waals surface area contributed by atoms with Crippen LogP contribution in [0.5, 0.6) is 0 Å². The van der Waals surface area contributed by atoms with Crippen LogP contribution in [0, 0.1) is 5.92 Å². The largest absolute Gasteiger partial charge is 0.480 e. The molecular formula is C14H14F3NO3. The molecule has 0 aromatic heterocycles. The highest BCUT2D eigenvalue weighted by Crippen LogP contribution is 2.33. The second-order valence-corrected chi connectivity index (χ2v) is 5.03. The molecule has 1 aliphatic carbocycles. The van der Waals surface area contributed by atoms with Gasteiger partial charge in [-0.05, 0) is 24.5 Å². The minimum absolute atomic E-state index is 0.145. The Labute approximate surface area is 119 Å². The molecule has 2 N–H and O–H groups in total. The number of hydrogen-bond donors (Lipinski definition) is 2. The number of nitrogens with one attached hydrogen (secondary N) is 1. The van der Waals surface area contributed by atoms with Gasteiger partial charge in [0.05, 0.1) is 5.56 Å². The van der Waals surface area contributed by atoms with Gasteiger partial charge >= 0.3 is 12.1 Å². The Bertz CT molecular complexity index is 553. The summed E-state index contributed by atoms with van der Waals surface area (Å²) in [5, 5.41) is 11.4. The summed E-state index contributed by atoms with van der Waals surface area (Å²) in [4.78, 5) is 22.7. The molecule has 1 aromatic carbocycles. The van der Waals surface area contributed by atoms with Gasteiger partial charge in [-0.2, -0.15) is 13.2 Å². The highest BCUT2D eigenvalue weighted by atomic mass is 19.4. The SMILES string of the molecule is O=C(N[C@@H](Cc1ccccc1C(F)(F)F)C(=O)O)C1CC1. The molecule has 1 fully saturated rings. The third-order valence-corrected chi connectivity index (χ3v) is 3.31. The van der Waals surface area contributed by atoms with Crippen molar-refractivity contribution in [3.05, 3.63) is 35.4 Å². The summed E-state index contributed by atoms with van der Waals surface area (Å²) in [6, 6.07) is 3.41. The molecule has 0 heterocycles. The van der Waals surface area contributed by atoms with Crippen LogP contribution in [-0.2, 0) is 22.2 Å². The molecule has 0 radical (unpaired) electrons. The second kappa shape index (κ2) is 5.75. The van der Waals surface area contributed by atoms with E-state index in [1.807, 2.05) is 0 Å². The molecule has 0 saturated heterocycles. The predicted octanol–water partition coefficient (Wildman–Crippen LogP) is 2.23. The first-order valence-electron chi connectivity index (χ1n) is 6.47. The Hall–Kier alpha value is -2.05. The molecule has 0 spiro atoms. The average molecular weight is 301 g/mol. The number of aliphatic carboxylic acids is 1. The van der Waals surface area contributed by atoms with Crippen LogP contribution in [0.15, 0.2) is 24.3 Å². The van der Waals surface area contributed by atoms with Crippen molar-refractivity contribution in [2.24, 2.45) is 5.92 Å². The Morgan fingerprint density at radius 2 is 1.90 bits per heavy atom. The third kappa shape index (κ3) is 3.96. The first kappa shape index (κ1) is 15.3. The number of alkyl halides is 3. The molecule has 1 atom stereocenters. The lowest BCUT2D eigenvalue weighted by Gasteiger charge is -2.18. The van der Waals surface area contributed by atoms with Gasteiger partial charge in [0.1, 0.15) is 6.04 Å². The first-order valence-corrected chi connectivity index (χ1v) is 6.47. The van der Waals surface area contributed by atoms with E-state index in [-0.39, 0.29) is 11.5 Å². The number of carboxylic acid groups (broad SMARTS) is 1. The first-order chi connectivity index (χ1) is 9.79. The van der Waals surface area contributed by atoms with E-state index in [1.54, 1.807) is 0 Å². The van der Waals surface area contributed by atoms with Gasteiger partial charge in [-0.25, -0.2) is 4.79 Å². The number of halogens is 3. The molecular weight excluding hydrogens is 287 g/mol. The molecule has 21 heavy (non-hydrogen) atoms. The van der Waals surface area contributed by atoms with Crippen molar-refractivity contribution in [3.8, 4) is 0 Å². The number of carbonyl (C=O) groups excluding carboxylic acids is 1. The van der Waals surface area contributed by atoms with Gasteiger partial charge in [-0.15, -0.1) is 0 Å². The summed E-state index contributed by atoms with van der Waals surface area (Å²) < 4.78 is 38.6. The maximum absolute atomic E-state index is 12.9. The van der Waals surface area contributed by atoms with E-state index in [0.29, 0.717) is 12.8 Å². The monoisotopic (exact) mass is 301 g/mol. The standard InChI is InChI=1S/C14H14F3NO3/c15-14(16,17)10-4-2-1-3-9(10)7-11(13(20)21)18-12(19)8-5-6-8/h1-4,8,11H,5-7H2,(H,18,19)(H,20,21)/t11-/m0/s1. The lowest BCUT2D eigenvalue weighted by Crippen LogP contribution is -2.43. The van der Waals surface area contributed by atoms with Crippen molar-refractivity contribution in [2.75, 3.05) is 0 Å². The highest BCUT2D eigenvalue weighted by Gasteiger charge is 2.36. The van der Waals surface area contributed by atoms with Crippen molar-refractivity contribution in [2.45, 2.75) is 31.5 Å². The summed E-state index contributed by atoms with van der Waals surface area (Å²) in [5.74, 6) is -1.96. The van der Waals surface area contributed by atoms with Gasteiger partial charge in [-0.3, -0.25) is 4.79 Å². The summed E-state index contributed by atoms with van der Waals surface area (Å²) in [5.41, 5.74) is -1.02. The zero-order valence-corrected chi connectivity index (χ0v) is 11.0. The maximum Gasteiger partial charge on any atom is 0.416 e. The smallest absolute Gasteiger partial charge is 0.416 e. The van der Waals surface area contributed by atoms with Crippen LogP contribution in [0.1, 0.15) is 24.0 Å². The zero-order chi connectivity index (χ0) is 15.6. The molecule has 1 aliphatic rings. The third-order valence-electron chi connectivity index (χ3n) is 3.31. The average Bonchev–Trinajstić information content (AvgIpc) is 3.21. The fourth-order valence-electron chi connectivity index (χ4n) is 2.03. The van der Waals surface area contributed by atoms with Gasteiger partial charge in [0.15, 0.2) is 0 Å². The zero-order valence-electron chi connectivity index (χ0n) is 11.0. The van der Waals surface area contributed by atoms with Gasteiger partial charge in [0.25, 0.3) is 0 Å². The van der Waals surface area contributed by atoms with Crippen LogP contribution in [0.4, 0.5) is 13.2 Å². The summed E-state index contributed by atoms with van der Waals surface area (Å²) in [6.07, 6.45) is -3.57. The topological polar surface area (TPSA) is 66.4 Å². The normalized spacial score (nSPS) is 16.3. The summed E-state index contributed by atoms with van der Waals surface area (Å²) in [6.45, 7) is 0. The summed E-state index contributed by atoms with van der Waals surface area (Å²) in [7, 11) is 0. The molecule has 0 bridgehead atoms. The molecule has 7 heteroatoms. The number of carboxylic acids is 1.